The second-order valence-corrected chi connectivity index (χ2v) is 14.2. The lowest BCUT2D eigenvalue weighted by Crippen LogP contribution is -2.57. The smallest absolute Gasteiger partial charge is 0.319 e. The standard InChI is InChI=1S/C37H39F3N6O3/c1-2-4-26-28-10-9-27-30-33(31(40)32(42-27)24-16-22(47)15-20-5-8-25(39)34(29(20)24)49-23-6-7-23)43-36(44-35(30)46(28)14-12-41-26)48-19-37-11-3-13-45(37)18-21(38)17-37/h2,4-5,8,15-16,21,23,26,28,41,47H,3,6-7,9-14,17-19H2,1H3/b4-2+/t21-,26?,28-,37+/m1/s1. The molecule has 2 aromatic heterocycles. The number of nitrogens with zero attached hydrogens (tertiary/aromatic N) is 5. The molecular weight excluding hydrogens is 633 g/mol. The molecule has 9 rings (SSSR count). The number of aryl methyl sites for hydroxylation is 1. The van der Waals surface area contributed by atoms with Crippen LogP contribution in [0.1, 0.15) is 51.1 Å². The number of hydrogen-bond donors (Lipinski definition) is 2. The van der Waals surface area contributed by atoms with Crippen molar-refractivity contribution in [2.24, 2.45) is 0 Å². The Hall–Kier alpha value is -4.16. The van der Waals surface area contributed by atoms with E-state index in [1.165, 1.54) is 18.2 Å². The first-order valence-corrected chi connectivity index (χ1v) is 17.5. The number of allylic oxidation sites excluding steroid dienone is 1. The van der Waals surface area contributed by atoms with E-state index in [0.29, 0.717) is 66.6 Å². The molecule has 256 valence electrons. The minimum Gasteiger partial charge on any atom is -0.508 e. The van der Waals surface area contributed by atoms with E-state index in [4.69, 9.17) is 24.4 Å². The SMILES string of the molecule is C/C=C/C1NCCN2c3nc(OC[C@@]45CCCN4C[C@H](F)C5)nc4c(F)c(-c5cc(O)cc6ccc(F)c(OC7CC7)c56)nc(c34)CC[C@H]12. The summed E-state index contributed by atoms with van der Waals surface area (Å²) in [6, 6.07) is 5.86. The monoisotopic (exact) mass is 672 g/mol. The van der Waals surface area contributed by atoms with Crippen LogP contribution in [0.3, 0.4) is 0 Å². The van der Waals surface area contributed by atoms with Gasteiger partial charge in [0.1, 0.15) is 35.6 Å². The summed E-state index contributed by atoms with van der Waals surface area (Å²) in [5, 5.41) is 15.8. The Labute approximate surface area is 282 Å². The van der Waals surface area contributed by atoms with Crippen molar-refractivity contribution in [3.63, 3.8) is 0 Å². The predicted molar refractivity (Wildman–Crippen MR) is 180 cm³/mol. The van der Waals surface area contributed by atoms with Gasteiger partial charge in [-0.25, -0.2) is 18.2 Å². The van der Waals surface area contributed by atoms with Crippen molar-refractivity contribution in [3.8, 4) is 28.8 Å². The highest BCUT2D eigenvalue weighted by Crippen LogP contribution is 2.46. The number of pyridine rings is 1. The van der Waals surface area contributed by atoms with Gasteiger partial charge in [0.2, 0.25) is 0 Å². The van der Waals surface area contributed by atoms with Gasteiger partial charge in [-0.15, -0.1) is 0 Å². The minimum atomic E-state index is -0.916. The van der Waals surface area contributed by atoms with Crippen molar-refractivity contribution in [3.05, 3.63) is 53.7 Å². The third-order valence-electron chi connectivity index (χ3n) is 11.0. The number of piperazine rings is 1. The molecule has 0 amide bonds. The number of fused-ring (bicyclic) bond motifs is 4. The lowest BCUT2D eigenvalue weighted by molar-refractivity contribution is 0.107. The molecule has 2 N–H and O–H groups in total. The second kappa shape index (κ2) is 11.7. The van der Waals surface area contributed by atoms with Gasteiger partial charge in [-0.3, -0.25) is 4.90 Å². The lowest BCUT2D eigenvalue weighted by atomic mass is 9.95. The van der Waals surface area contributed by atoms with Crippen molar-refractivity contribution in [2.45, 2.75) is 81.8 Å². The number of alkyl halides is 1. The highest BCUT2D eigenvalue weighted by Gasteiger charge is 2.49. The van der Waals surface area contributed by atoms with Crippen molar-refractivity contribution >= 4 is 27.5 Å². The number of ether oxygens (including phenoxy) is 2. The van der Waals surface area contributed by atoms with Crippen LogP contribution in [0.5, 0.6) is 17.5 Å². The zero-order valence-electron chi connectivity index (χ0n) is 27.4. The molecule has 6 heterocycles. The molecular formula is C37H39F3N6O3. The summed E-state index contributed by atoms with van der Waals surface area (Å²) in [5.74, 6) is -0.800. The fourth-order valence-corrected chi connectivity index (χ4v) is 8.67. The number of aromatic hydroxyl groups is 1. The first-order chi connectivity index (χ1) is 23.8. The molecule has 0 radical (unpaired) electrons. The first kappa shape index (κ1) is 30.9. The number of anilines is 1. The highest BCUT2D eigenvalue weighted by molar-refractivity contribution is 6.04. The fraction of sp³-hybridized carbons (Fsp3) is 0.486. The van der Waals surface area contributed by atoms with Gasteiger partial charge in [-0.05, 0) is 75.6 Å². The molecule has 49 heavy (non-hydrogen) atoms. The number of phenolic OH excluding ortho intramolecular Hbond substituents is 1. The van der Waals surface area contributed by atoms with Crippen molar-refractivity contribution in [1.29, 1.82) is 0 Å². The van der Waals surface area contributed by atoms with Crippen molar-refractivity contribution in [2.75, 3.05) is 37.7 Å². The third-order valence-corrected chi connectivity index (χ3v) is 11.0. The summed E-state index contributed by atoms with van der Waals surface area (Å²) in [6.45, 7) is 4.75. The summed E-state index contributed by atoms with van der Waals surface area (Å²) in [6.07, 6.45) is 8.15. The molecule has 2 aromatic carbocycles. The third kappa shape index (κ3) is 5.17. The molecule has 0 bridgehead atoms. The normalized spacial score (nSPS) is 26.8. The topological polar surface area (TPSA) is 95.9 Å². The molecule has 1 saturated carbocycles. The van der Waals surface area contributed by atoms with E-state index in [0.717, 1.165) is 32.2 Å². The van der Waals surface area contributed by atoms with Crippen LogP contribution < -0.4 is 19.7 Å². The van der Waals surface area contributed by atoms with E-state index in [1.54, 1.807) is 6.07 Å². The van der Waals surface area contributed by atoms with E-state index in [9.17, 15) is 9.50 Å². The van der Waals surface area contributed by atoms with Crippen LogP contribution in [0.2, 0.25) is 0 Å². The Balaban J connectivity index is 1.23. The summed E-state index contributed by atoms with van der Waals surface area (Å²) in [7, 11) is 0. The van der Waals surface area contributed by atoms with Gasteiger partial charge in [-0.1, -0.05) is 18.2 Å². The molecule has 4 fully saturated rings. The van der Waals surface area contributed by atoms with Gasteiger partial charge < -0.3 is 24.8 Å². The van der Waals surface area contributed by atoms with Gasteiger partial charge in [0.15, 0.2) is 17.4 Å². The zero-order valence-corrected chi connectivity index (χ0v) is 27.4. The summed E-state index contributed by atoms with van der Waals surface area (Å²) in [5.41, 5.74) is 0.408. The van der Waals surface area contributed by atoms with Crippen LogP contribution in [0, 0.1) is 11.6 Å². The molecule has 9 nitrogen and oxygen atoms in total. The number of rotatable bonds is 7. The maximum atomic E-state index is 17.3. The van der Waals surface area contributed by atoms with Crippen LogP contribution in [0.25, 0.3) is 32.9 Å². The molecule has 1 aliphatic carbocycles. The molecule has 4 aromatic rings. The quantitative estimate of drug-likeness (QED) is 0.230. The largest absolute Gasteiger partial charge is 0.508 e. The Kier molecular flexibility index (Phi) is 7.39. The fourth-order valence-electron chi connectivity index (χ4n) is 8.67. The van der Waals surface area contributed by atoms with E-state index in [2.05, 4.69) is 21.2 Å². The van der Waals surface area contributed by atoms with Gasteiger partial charge in [0.05, 0.1) is 22.7 Å². The van der Waals surface area contributed by atoms with Gasteiger partial charge in [-0.2, -0.15) is 9.97 Å². The average molecular weight is 673 g/mol. The summed E-state index contributed by atoms with van der Waals surface area (Å²) in [4.78, 5) is 19.0. The number of aromatic nitrogens is 3. The molecule has 4 atom stereocenters. The van der Waals surface area contributed by atoms with Crippen molar-refractivity contribution < 1.29 is 27.8 Å². The molecule has 4 aliphatic heterocycles. The lowest BCUT2D eigenvalue weighted by Gasteiger charge is -2.41. The first-order valence-electron chi connectivity index (χ1n) is 17.5. The summed E-state index contributed by atoms with van der Waals surface area (Å²) < 4.78 is 59.6. The van der Waals surface area contributed by atoms with Gasteiger partial charge in [0.25, 0.3) is 0 Å². The maximum Gasteiger partial charge on any atom is 0.319 e. The Morgan fingerprint density at radius 1 is 1.10 bits per heavy atom. The molecule has 5 aliphatic rings. The van der Waals surface area contributed by atoms with E-state index >= 15 is 8.78 Å². The van der Waals surface area contributed by atoms with Crippen molar-refractivity contribution in [1.82, 2.24) is 25.2 Å². The van der Waals surface area contributed by atoms with Gasteiger partial charge >= 0.3 is 6.01 Å². The van der Waals surface area contributed by atoms with E-state index in [1.807, 2.05) is 13.0 Å². The van der Waals surface area contributed by atoms with Gasteiger partial charge in [0, 0.05) is 49.1 Å². The maximum absolute atomic E-state index is 17.3. The Bertz CT molecular complexity index is 2010. The number of hydrogen-bond acceptors (Lipinski definition) is 9. The zero-order chi connectivity index (χ0) is 33.4. The molecule has 1 unspecified atom stereocenters. The minimum absolute atomic E-state index is 0.0110. The number of phenols is 1. The second-order valence-electron chi connectivity index (χ2n) is 14.2. The Morgan fingerprint density at radius 3 is 2.82 bits per heavy atom. The molecule has 12 heteroatoms. The van der Waals surface area contributed by atoms with Crippen LogP contribution >= 0.6 is 0 Å². The van der Waals surface area contributed by atoms with E-state index in [-0.39, 0.29) is 59.1 Å². The van der Waals surface area contributed by atoms with Crippen LogP contribution in [-0.2, 0) is 6.42 Å². The van der Waals surface area contributed by atoms with Crippen LogP contribution in [0.4, 0.5) is 19.0 Å². The molecule has 3 saturated heterocycles. The van der Waals surface area contributed by atoms with E-state index < -0.39 is 23.3 Å². The number of halogens is 3. The number of benzene rings is 2. The van der Waals surface area contributed by atoms with Crippen LogP contribution in [0.15, 0.2) is 36.4 Å². The Morgan fingerprint density at radius 2 is 1.98 bits per heavy atom. The van der Waals surface area contributed by atoms with Crippen LogP contribution in [-0.4, -0.2) is 87.6 Å². The summed E-state index contributed by atoms with van der Waals surface area (Å²) >= 11 is 0. The predicted octanol–water partition coefficient (Wildman–Crippen LogP) is 5.99. The highest BCUT2D eigenvalue weighted by atomic mass is 19.1. The average Bonchev–Trinajstić information content (AvgIpc) is 3.78. The molecule has 0 spiro atoms. The number of nitrogens with one attached hydrogen (secondary N) is 1.